The Labute approximate surface area is 94.9 Å². The zero-order chi connectivity index (χ0) is 11.4. The summed E-state index contributed by atoms with van der Waals surface area (Å²) >= 11 is 0. The summed E-state index contributed by atoms with van der Waals surface area (Å²) in [4.78, 5) is 13.2. The number of urea groups is 1. The van der Waals surface area contributed by atoms with Crippen LogP contribution in [0.15, 0.2) is 30.3 Å². The second-order valence-corrected chi connectivity index (χ2v) is 3.95. The van der Waals surface area contributed by atoms with E-state index in [4.69, 9.17) is 0 Å². The number of hydrogen-bond acceptors (Lipinski definition) is 2. The Kier molecular flexibility index (Phi) is 3.41. The number of aliphatic hydroxyl groups excluding tert-OH is 1. The van der Waals surface area contributed by atoms with E-state index in [-0.39, 0.29) is 18.7 Å². The lowest BCUT2D eigenvalue weighted by atomic mass is 10.1. The average Bonchev–Trinajstić information content (AvgIpc) is 2.74. The monoisotopic (exact) mass is 220 g/mol. The summed E-state index contributed by atoms with van der Waals surface area (Å²) in [7, 11) is 0. The third kappa shape index (κ3) is 2.33. The summed E-state index contributed by atoms with van der Waals surface area (Å²) in [6, 6.07) is 9.72. The van der Waals surface area contributed by atoms with Crippen molar-refractivity contribution in [1.29, 1.82) is 0 Å². The van der Waals surface area contributed by atoms with Crippen molar-refractivity contribution in [2.75, 3.05) is 19.7 Å². The number of amides is 2. The quantitative estimate of drug-likeness (QED) is 0.781. The van der Waals surface area contributed by atoms with Gasteiger partial charge in [-0.15, -0.1) is 0 Å². The van der Waals surface area contributed by atoms with Gasteiger partial charge in [-0.2, -0.15) is 0 Å². The molecule has 0 aromatic heterocycles. The molecule has 1 aliphatic heterocycles. The molecule has 1 aromatic rings. The number of rotatable bonds is 4. The van der Waals surface area contributed by atoms with Crippen molar-refractivity contribution in [2.24, 2.45) is 0 Å². The molecule has 0 bridgehead atoms. The fourth-order valence-electron chi connectivity index (χ4n) is 1.99. The van der Waals surface area contributed by atoms with E-state index in [1.165, 1.54) is 0 Å². The van der Waals surface area contributed by atoms with Crippen LogP contribution in [0.5, 0.6) is 0 Å². The fourth-order valence-corrected chi connectivity index (χ4v) is 1.99. The highest BCUT2D eigenvalue weighted by atomic mass is 16.3. The van der Waals surface area contributed by atoms with E-state index in [0.717, 1.165) is 5.56 Å². The molecule has 0 spiro atoms. The predicted octanol–water partition coefficient (Wildman–Crippen LogP) is 0.615. The van der Waals surface area contributed by atoms with Gasteiger partial charge in [-0.25, -0.2) is 4.79 Å². The molecule has 1 heterocycles. The van der Waals surface area contributed by atoms with Crippen LogP contribution in [0.2, 0.25) is 0 Å². The second-order valence-electron chi connectivity index (χ2n) is 3.95. The van der Waals surface area contributed by atoms with Crippen molar-refractivity contribution in [3.05, 3.63) is 35.9 Å². The first-order valence-electron chi connectivity index (χ1n) is 5.50. The smallest absolute Gasteiger partial charge is 0.317 e. The van der Waals surface area contributed by atoms with Crippen molar-refractivity contribution < 1.29 is 9.90 Å². The highest BCUT2D eigenvalue weighted by Gasteiger charge is 2.27. The van der Waals surface area contributed by atoms with E-state index in [9.17, 15) is 9.90 Å². The van der Waals surface area contributed by atoms with E-state index in [0.29, 0.717) is 19.5 Å². The molecule has 2 amide bonds. The number of carbonyl (C=O) groups is 1. The number of nitrogens with one attached hydrogen (secondary N) is 1. The SMILES string of the molecule is O=C1NCCN1[C@@H](CO)Cc1ccccc1. The normalized spacial score (nSPS) is 17.3. The van der Waals surface area contributed by atoms with Crippen molar-refractivity contribution >= 4 is 6.03 Å². The van der Waals surface area contributed by atoms with Crippen molar-refractivity contribution in [2.45, 2.75) is 12.5 Å². The first-order valence-corrected chi connectivity index (χ1v) is 5.50. The van der Waals surface area contributed by atoms with Crippen molar-refractivity contribution in [3.8, 4) is 0 Å². The minimum Gasteiger partial charge on any atom is -0.394 e. The third-order valence-electron chi connectivity index (χ3n) is 2.86. The molecule has 1 saturated heterocycles. The van der Waals surface area contributed by atoms with Gasteiger partial charge in [0.2, 0.25) is 0 Å². The summed E-state index contributed by atoms with van der Waals surface area (Å²) in [5.41, 5.74) is 1.14. The molecule has 86 valence electrons. The summed E-state index contributed by atoms with van der Waals surface area (Å²) in [6.45, 7) is 1.35. The predicted molar refractivity (Wildman–Crippen MR) is 61.1 cm³/mol. The average molecular weight is 220 g/mol. The Balaban J connectivity index is 2.03. The Morgan fingerprint density at radius 2 is 2.12 bits per heavy atom. The van der Waals surface area contributed by atoms with Gasteiger partial charge in [-0.3, -0.25) is 0 Å². The number of aliphatic hydroxyl groups is 1. The third-order valence-corrected chi connectivity index (χ3v) is 2.86. The van der Waals surface area contributed by atoms with Gasteiger partial charge < -0.3 is 15.3 Å². The number of carbonyl (C=O) groups excluding carboxylic acids is 1. The Bertz CT molecular complexity index is 353. The zero-order valence-electron chi connectivity index (χ0n) is 9.10. The minimum absolute atomic E-state index is 0.00230. The molecule has 1 atom stereocenters. The topological polar surface area (TPSA) is 52.6 Å². The van der Waals surface area contributed by atoms with E-state index >= 15 is 0 Å². The molecule has 1 fully saturated rings. The Hall–Kier alpha value is -1.55. The lowest BCUT2D eigenvalue weighted by molar-refractivity contribution is 0.151. The fraction of sp³-hybridized carbons (Fsp3) is 0.417. The molecule has 0 radical (unpaired) electrons. The summed E-state index contributed by atoms with van der Waals surface area (Å²) < 4.78 is 0. The number of benzene rings is 1. The van der Waals surface area contributed by atoms with Gasteiger partial charge in [0.15, 0.2) is 0 Å². The van der Waals surface area contributed by atoms with Gasteiger partial charge in [0.25, 0.3) is 0 Å². The van der Waals surface area contributed by atoms with E-state index in [2.05, 4.69) is 5.32 Å². The molecule has 4 heteroatoms. The maximum Gasteiger partial charge on any atom is 0.317 e. The van der Waals surface area contributed by atoms with Gasteiger partial charge in [0, 0.05) is 13.1 Å². The van der Waals surface area contributed by atoms with Gasteiger partial charge in [0.1, 0.15) is 0 Å². The summed E-state index contributed by atoms with van der Waals surface area (Å²) in [6.07, 6.45) is 0.699. The molecule has 2 N–H and O–H groups in total. The lowest BCUT2D eigenvalue weighted by Gasteiger charge is -2.24. The van der Waals surface area contributed by atoms with Crippen LogP contribution in [0.1, 0.15) is 5.56 Å². The first-order chi connectivity index (χ1) is 7.81. The van der Waals surface area contributed by atoms with Crippen LogP contribution < -0.4 is 5.32 Å². The van der Waals surface area contributed by atoms with Gasteiger partial charge in [-0.05, 0) is 12.0 Å². The maximum atomic E-state index is 11.5. The van der Waals surface area contributed by atoms with Crippen LogP contribution in [0, 0.1) is 0 Å². The van der Waals surface area contributed by atoms with E-state index in [1.807, 2.05) is 30.3 Å². The molecule has 4 nitrogen and oxygen atoms in total. The summed E-state index contributed by atoms with van der Waals surface area (Å²) in [5.74, 6) is 0. The highest BCUT2D eigenvalue weighted by molar-refractivity contribution is 5.76. The molecular weight excluding hydrogens is 204 g/mol. The molecular formula is C12H16N2O2. The standard InChI is InChI=1S/C12H16N2O2/c15-9-11(14-7-6-13-12(14)16)8-10-4-2-1-3-5-10/h1-5,11,15H,6-9H2,(H,13,16)/t11-/m1/s1. The lowest BCUT2D eigenvalue weighted by Crippen LogP contribution is -2.41. The van der Waals surface area contributed by atoms with Crippen LogP contribution in [0.4, 0.5) is 4.79 Å². The highest BCUT2D eigenvalue weighted by Crippen LogP contribution is 2.11. The first kappa shape index (κ1) is 11.0. The van der Waals surface area contributed by atoms with E-state index in [1.54, 1.807) is 4.90 Å². The van der Waals surface area contributed by atoms with E-state index < -0.39 is 0 Å². The van der Waals surface area contributed by atoms with Crippen LogP contribution in [0.3, 0.4) is 0 Å². The van der Waals surface area contributed by atoms with Crippen LogP contribution >= 0.6 is 0 Å². The van der Waals surface area contributed by atoms with Gasteiger partial charge >= 0.3 is 6.03 Å². The van der Waals surface area contributed by atoms with Crippen LogP contribution in [-0.4, -0.2) is 41.8 Å². The Morgan fingerprint density at radius 3 is 2.69 bits per heavy atom. The zero-order valence-corrected chi connectivity index (χ0v) is 9.10. The molecule has 0 saturated carbocycles. The molecule has 0 unspecified atom stereocenters. The van der Waals surface area contributed by atoms with Gasteiger partial charge in [-0.1, -0.05) is 30.3 Å². The van der Waals surface area contributed by atoms with Crippen molar-refractivity contribution in [1.82, 2.24) is 10.2 Å². The Morgan fingerprint density at radius 1 is 1.38 bits per heavy atom. The summed E-state index contributed by atoms with van der Waals surface area (Å²) in [5, 5.41) is 12.1. The van der Waals surface area contributed by atoms with Crippen LogP contribution in [-0.2, 0) is 6.42 Å². The number of hydrogen-bond donors (Lipinski definition) is 2. The number of nitrogens with zero attached hydrogens (tertiary/aromatic N) is 1. The van der Waals surface area contributed by atoms with Gasteiger partial charge in [0.05, 0.1) is 12.6 Å². The molecule has 1 aromatic carbocycles. The molecule has 2 rings (SSSR count). The molecule has 1 aliphatic rings. The minimum atomic E-state index is -0.120. The maximum absolute atomic E-state index is 11.5. The second kappa shape index (κ2) is 4.99. The largest absolute Gasteiger partial charge is 0.394 e. The molecule has 16 heavy (non-hydrogen) atoms. The van der Waals surface area contributed by atoms with Crippen LogP contribution in [0.25, 0.3) is 0 Å². The molecule has 0 aliphatic carbocycles. The van der Waals surface area contributed by atoms with Crippen molar-refractivity contribution in [3.63, 3.8) is 0 Å².